The minimum absolute atomic E-state index is 0.0809. The van der Waals surface area contributed by atoms with E-state index >= 15 is 0 Å². The second-order valence-corrected chi connectivity index (χ2v) is 3.46. The fourth-order valence-corrected chi connectivity index (χ4v) is 1.44. The number of thioether (sulfide) groups is 1. The molecule has 0 atom stereocenters. The molecule has 0 spiro atoms. The Balaban J connectivity index is 2.79. The van der Waals surface area contributed by atoms with Gasteiger partial charge in [-0.1, -0.05) is 11.8 Å². The predicted octanol–water partition coefficient (Wildman–Crippen LogP) is 0.247. The number of aromatic amines is 1. The number of carbonyl (C=O) groups is 1. The zero-order chi connectivity index (χ0) is 10.8. The van der Waals surface area contributed by atoms with E-state index in [0.29, 0.717) is 11.4 Å². The number of nitrogens with one attached hydrogen (secondary N) is 1. The van der Waals surface area contributed by atoms with E-state index in [1.54, 1.807) is 6.26 Å². The number of aldehydes is 1. The van der Waals surface area contributed by atoms with Crippen LogP contribution in [0.3, 0.4) is 0 Å². The van der Waals surface area contributed by atoms with Crippen molar-refractivity contribution in [3.63, 3.8) is 0 Å². The molecule has 6 nitrogen and oxygen atoms in total. The molecule has 7 heteroatoms. The van der Waals surface area contributed by atoms with E-state index in [4.69, 9.17) is 0 Å². The van der Waals surface area contributed by atoms with Gasteiger partial charge in [0.05, 0.1) is 6.20 Å². The van der Waals surface area contributed by atoms with Crippen LogP contribution in [0.2, 0.25) is 0 Å². The first-order chi connectivity index (χ1) is 7.24. The first kappa shape index (κ1) is 9.78. The summed E-state index contributed by atoms with van der Waals surface area (Å²) in [6, 6.07) is 0. The van der Waals surface area contributed by atoms with Gasteiger partial charge in [-0.05, 0) is 6.26 Å². The zero-order valence-corrected chi connectivity index (χ0v) is 8.54. The van der Waals surface area contributed by atoms with Gasteiger partial charge >= 0.3 is 0 Å². The highest BCUT2D eigenvalue weighted by Crippen LogP contribution is 2.08. The molecule has 2 rings (SSSR count). The fraction of sp³-hybridized carbons (Fsp3) is 0.125. The predicted molar refractivity (Wildman–Crippen MR) is 55.1 cm³/mol. The number of rotatable bonds is 2. The normalized spacial score (nSPS) is 10.5. The molecule has 0 saturated carbocycles. The maximum atomic E-state index is 11.5. The van der Waals surface area contributed by atoms with Crippen LogP contribution in [0.5, 0.6) is 0 Å². The summed E-state index contributed by atoms with van der Waals surface area (Å²) < 4.78 is 0. The molecule has 0 aliphatic heterocycles. The van der Waals surface area contributed by atoms with Crippen molar-refractivity contribution in [2.75, 3.05) is 6.26 Å². The molecular weight excluding hydrogens is 216 g/mol. The summed E-state index contributed by atoms with van der Waals surface area (Å²) in [5, 5.41) is 0.473. The second-order valence-electron chi connectivity index (χ2n) is 2.66. The lowest BCUT2D eigenvalue weighted by Crippen LogP contribution is -2.12. The molecule has 0 unspecified atom stereocenters. The minimum atomic E-state index is -0.388. The molecule has 0 fully saturated rings. The number of H-pyrrole nitrogens is 1. The molecule has 2 aromatic heterocycles. The topological polar surface area (TPSA) is 88.6 Å². The summed E-state index contributed by atoms with van der Waals surface area (Å²) in [4.78, 5) is 36.2. The monoisotopic (exact) mass is 222 g/mol. The molecule has 15 heavy (non-hydrogen) atoms. The van der Waals surface area contributed by atoms with Gasteiger partial charge in [0.15, 0.2) is 22.6 Å². The van der Waals surface area contributed by atoms with Crippen molar-refractivity contribution in [3.05, 3.63) is 22.2 Å². The number of nitrogens with zero attached hydrogens (tertiary/aromatic N) is 3. The Morgan fingerprint density at radius 3 is 2.93 bits per heavy atom. The summed E-state index contributed by atoms with van der Waals surface area (Å²) >= 11 is 1.30. The van der Waals surface area contributed by atoms with Crippen molar-refractivity contribution in [2.24, 2.45) is 0 Å². The van der Waals surface area contributed by atoms with Gasteiger partial charge in [-0.25, -0.2) is 15.0 Å². The summed E-state index contributed by atoms with van der Waals surface area (Å²) in [6.07, 6.45) is 3.61. The van der Waals surface area contributed by atoms with Gasteiger partial charge in [0, 0.05) is 0 Å². The summed E-state index contributed by atoms with van der Waals surface area (Å²) in [5.74, 6) is 0. The van der Waals surface area contributed by atoms with Crippen LogP contribution in [0.25, 0.3) is 11.2 Å². The second kappa shape index (κ2) is 3.77. The Morgan fingerprint density at radius 1 is 1.47 bits per heavy atom. The maximum absolute atomic E-state index is 11.5. The van der Waals surface area contributed by atoms with Gasteiger partial charge < -0.3 is 0 Å². The molecule has 1 N–H and O–H groups in total. The quantitative estimate of drug-likeness (QED) is 0.445. The van der Waals surface area contributed by atoms with Crippen molar-refractivity contribution in [2.45, 2.75) is 5.16 Å². The lowest BCUT2D eigenvalue weighted by molar-refractivity contribution is 0.111. The molecule has 0 aromatic carbocycles. The van der Waals surface area contributed by atoms with Crippen LogP contribution >= 0.6 is 11.8 Å². The Morgan fingerprint density at radius 2 is 2.27 bits per heavy atom. The number of hydrogen-bond acceptors (Lipinski definition) is 6. The van der Waals surface area contributed by atoms with Gasteiger partial charge in [-0.2, -0.15) is 0 Å². The lowest BCUT2D eigenvalue weighted by Gasteiger charge is -1.98. The third kappa shape index (κ3) is 1.73. The number of fused-ring (bicyclic) bond motifs is 1. The van der Waals surface area contributed by atoms with Crippen LogP contribution in [-0.2, 0) is 0 Å². The van der Waals surface area contributed by atoms with Crippen molar-refractivity contribution in [1.82, 2.24) is 19.9 Å². The van der Waals surface area contributed by atoms with E-state index in [2.05, 4.69) is 19.9 Å². The Kier molecular flexibility index (Phi) is 2.46. The van der Waals surface area contributed by atoms with Gasteiger partial charge in [0.2, 0.25) is 0 Å². The van der Waals surface area contributed by atoms with Crippen LogP contribution in [0, 0.1) is 0 Å². The van der Waals surface area contributed by atoms with Crippen LogP contribution in [0.1, 0.15) is 10.5 Å². The minimum Gasteiger partial charge on any atom is -0.299 e. The molecule has 76 valence electrons. The van der Waals surface area contributed by atoms with E-state index in [1.807, 2.05) is 0 Å². The van der Waals surface area contributed by atoms with Crippen LogP contribution in [0.4, 0.5) is 0 Å². The van der Waals surface area contributed by atoms with Gasteiger partial charge in [0.1, 0.15) is 5.69 Å². The highest BCUT2D eigenvalue weighted by molar-refractivity contribution is 7.98. The average molecular weight is 222 g/mol. The maximum Gasteiger partial charge on any atom is 0.279 e. The van der Waals surface area contributed by atoms with E-state index in [-0.39, 0.29) is 22.4 Å². The van der Waals surface area contributed by atoms with E-state index in [0.717, 1.165) is 0 Å². The molecular formula is C8H6N4O2S. The van der Waals surface area contributed by atoms with Crippen LogP contribution in [-0.4, -0.2) is 32.5 Å². The van der Waals surface area contributed by atoms with Crippen molar-refractivity contribution in [1.29, 1.82) is 0 Å². The summed E-state index contributed by atoms with van der Waals surface area (Å²) in [6.45, 7) is 0. The van der Waals surface area contributed by atoms with Gasteiger partial charge in [-0.3, -0.25) is 14.6 Å². The molecule has 0 radical (unpaired) electrons. The molecule has 2 aromatic rings. The largest absolute Gasteiger partial charge is 0.299 e. The average Bonchev–Trinajstić information content (AvgIpc) is 2.28. The van der Waals surface area contributed by atoms with E-state index < -0.39 is 0 Å². The highest BCUT2D eigenvalue weighted by Gasteiger charge is 2.06. The third-order valence-corrected chi connectivity index (χ3v) is 2.31. The molecule has 2 heterocycles. The number of aromatic nitrogens is 4. The molecule has 0 bridgehead atoms. The summed E-state index contributed by atoms with van der Waals surface area (Å²) in [5.41, 5.74) is 0.0540. The Hall–Kier alpha value is -1.76. The molecule has 0 aliphatic rings. The van der Waals surface area contributed by atoms with Crippen molar-refractivity contribution in [3.8, 4) is 0 Å². The Labute approximate surface area is 88.2 Å². The molecule has 0 amide bonds. The fourth-order valence-electron chi connectivity index (χ4n) is 1.06. The van der Waals surface area contributed by atoms with Crippen LogP contribution < -0.4 is 5.56 Å². The first-order valence-electron chi connectivity index (χ1n) is 4.01. The smallest absolute Gasteiger partial charge is 0.279 e. The highest BCUT2D eigenvalue weighted by atomic mass is 32.2. The van der Waals surface area contributed by atoms with E-state index in [9.17, 15) is 9.59 Å². The van der Waals surface area contributed by atoms with E-state index in [1.165, 1.54) is 18.0 Å². The first-order valence-corrected chi connectivity index (χ1v) is 5.23. The Bertz CT molecular complexity index is 580. The summed E-state index contributed by atoms with van der Waals surface area (Å²) in [7, 11) is 0. The SMILES string of the molecule is CSc1nc2ncc(C=O)nc2c(=O)[nH]1. The van der Waals surface area contributed by atoms with Crippen molar-refractivity contribution >= 4 is 29.2 Å². The van der Waals surface area contributed by atoms with Gasteiger partial charge in [0.25, 0.3) is 5.56 Å². The molecule has 0 saturated heterocycles. The number of carbonyl (C=O) groups excluding carboxylic acids is 1. The zero-order valence-electron chi connectivity index (χ0n) is 7.72. The third-order valence-electron chi connectivity index (χ3n) is 1.73. The number of hydrogen-bond donors (Lipinski definition) is 1. The standard InChI is InChI=1S/C8H6N4O2S/c1-15-8-11-6-5(7(14)12-8)10-4(3-13)2-9-6/h2-3H,1H3,(H,9,11,12,14). The van der Waals surface area contributed by atoms with Crippen LogP contribution in [0.15, 0.2) is 16.1 Å². The van der Waals surface area contributed by atoms with Gasteiger partial charge in [-0.15, -0.1) is 0 Å². The lowest BCUT2D eigenvalue weighted by atomic mass is 10.4. The van der Waals surface area contributed by atoms with Crippen molar-refractivity contribution < 1.29 is 4.79 Å². The molecule has 0 aliphatic carbocycles.